The van der Waals surface area contributed by atoms with E-state index in [9.17, 15) is 4.79 Å². The molecule has 274 valence electrons. The van der Waals surface area contributed by atoms with E-state index in [0.717, 1.165) is 81.7 Å². The van der Waals surface area contributed by atoms with Gasteiger partial charge in [-0.2, -0.15) is 0 Å². The molecule has 2 bridgehead atoms. The van der Waals surface area contributed by atoms with Crippen molar-refractivity contribution in [1.82, 2.24) is 14.9 Å². The molecule has 0 radical (unpaired) electrons. The summed E-state index contributed by atoms with van der Waals surface area (Å²) in [5.74, 6) is 0.660. The third kappa shape index (κ3) is 8.49. The number of rotatable bonds is 5. The lowest BCUT2D eigenvalue weighted by atomic mass is 9.70. The van der Waals surface area contributed by atoms with Crippen molar-refractivity contribution in [2.75, 3.05) is 50.8 Å². The number of anilines is 1. The summed E-state index contributed by atoms with van der Waals surface area (Å²) in [6.45, 7) is 16.8. The van der Waals surface area contributed by atoms with Crippen molar-refractivity contribution in [3.63, 3.8) is 0 Å². The lowest BCUT2D eigenvalue weighted by molar-refractivity contribution is 0.0148. The van der Waals surface area contributed by atoms with E-state index >= 15 is 4.39 Å². The first-order valence-electron chi connectivity index (χ1n) is 18.8. The zero-order valence-corrected chi connectivity index (χ0v) is 32.1. The normalized spacial score (nSPS) is 30.9. The number of piperazine rings is 1. The van der Waals surface area contributed by atoms with Crippen molar-refractivity contribution in [2.45, 2.75) is 108 Å². The van der Waals surface area contributed by atoms with Crippen LogP contribution in [0.25, 0.3) is 0 Å². The molecule has 0 saturated carbocycles. The van der Waals surface area contributed by atoms with Crippen molar-refractivity contribution in [3.8, 4) is 5.75 Å². The number of hydrogen-bond acceptors (Lipinski definition) is 7. The molecular formula is C40H56ClFN4O3S. The Morgan fingerprint density at radius 2 is 1.94 bits per heavy atom. The molecule has 6 rings (SSSR count). The quantitative estimate of drug-likeness (QED) is 0.240. The second-order valence-corrected chi connectivity index (χ2v) is 16.9. The molecule has 10 heteroatoms. The highest BCUT2D eigenvalue weighted by molar-refractivity contribution is 7.98. The van der Waals surface area contributed by atoms with Crippen LogP contribution in [0, 0.1) is 11.7 Å². The summed E-state index contributed by atoms with van der Waals surface area (Å²) in [7, 11) is 0. The molecule has 2 aromatic carbocycles. The first-order valence-corrected chi connectivity index (χ1v) is 20.0. The SMILES string of the molecule is CCC1CCN2CC3(CCCc4c3ccc(Cl)c4F)COc3ccc(cc32)C(=O)NSC(C)CC/C=C(\C)C1OCCN1CC(C)NC(C)C1. The maximum atomic E-state index is 15.5. The van der Waals surface area contributed by atoms with Crippen LogP contribution in [0.15, 0.2) is 42.0 Å². The van der Waals surface area contributed by atoms with Gasteiger partial charge in [0.1, 0.15) is 11.6 Å². The number of benzene rings is 2. The van der Waals surface area contributed by atoms with E-state index in [2.05, 4.69) is 60.5 Å². The van der Waals surface area contributed by atoms with Crippen LogP contribution in [0.3, 0.4) is 0 Å². The summed E-state index contributed by atoms with van der Waals surface area (Å²) in [5.41, 5.74) is 4.13. The minimum atomic E-state index is -0.405. The van der Waals surface area contributed by atoms with E-state index in [1.807, 2.05) is 24.3 Å². The van der Waals surface area contributed by atoms with Gasteiger partial charge >= 0.3 is 0 Å². The number of nitrogens with one attached hydrogen (secondary N) is 2. The molecule has 1 amide bonds. The summed E-state index contributed by atoms with van der Waals surface area (Å²) in [6, 6.07) is 10.4. The largest absolute Gasteiger partial charge is 0.490 e. The zero-order valence-electron chi connectivity index (χ0n) is 30.5. The third-order valence-electron chi connectivity index (χ3n) is 11.3. The summed E-state index contributed by atoms with van der Waals surface area (Å²) in [4.78, 5) is 18.4. The minimum Gasteiger partial charge on any atom is -0.490 e. The van der Waals surface area contributed by atoms with Gasteiger partial charge in [-0.1, -0.05) is 44.0 Å². The van der Waals surface area contributed by atoms with Crippen LogP contribution in [0.2, 0.25) is 5.02 Å². The van der Waals surface area contributed by atoms with Gasteiger partial charge in [-0.3, -0.25) is 14.4 Å². The smallest absolute Gasteiger partial charge is 0.261 e. The van der Waals surface area contributed by atoms with Crippen molar-refractivity contribution in [3.05, 3.63) is 69.5 Å². The summed E-state index contributed by atoms with van der Waals surface area (Å²) < 4.78 is 32.1. The number of halogens is 2. The predicted molar refractivity (Wildman–Crippen MR) is 204 cm³/mol. The van der Waals surface area contributed by atoms with Gasteiger partial charge < -0.3 is 19.7 Å². The van der Waals surface area contributed by atoms with E-state index in [1.165, 1.54) is 17.5 Å². The molecule has 1 saturated heterocycles. The van der Waals surface area contributed by atoms with Gasteiger partial charge in [0, 0.05) is 61.0 Å². The van der Waals surface area contributed by atoms with E-state index < -0.39 is 5.41 Å². The molecule has 0 aromatic heterocycles. The Morgan fingerprint density at radius 1 is 1.14 bits per heavy atom. The average molecular weight is 727 g/mol. The second kappa shape index (κ2) is 16.6. The van der Waals surface area contributed by atoms with Crippen LogP contribution in [-0.4, -0.2) is 80.2 Å². The fraction of sp³-hybridized carbons (Fsp3) is 0.625. The average Bonchev–Trinajstić information content (AvgIpc) is 3.24. The minimum absolute atomic E-state index is 0.0166. The van der Waals surface area contributed by atoms with Crippen LogP contribution >= 0.6 is 23.5 Å². The molecular weight excluding hydrogens is 671 g/mol. The maximum absolute atomic E-state index is 15.5. The number of hydrogen-bond donors (Lipinski definition) is 2. The zero-order chi connectivity index (χ0) is 35.4. The number of carbonyl (C=O) groups excluding carboxylic acids is 1. The summed E-state index contributed by atoms with van der Waals surface area (Å²) >= 11 is 7.77. The lowest BCUT2D eigenvalue weighted by Crippen LogP contribution is -2.54. The predicted octanol–water partition coefficient (Wildman–Crippen LogP) is 7.94. The van der Waals surface area contributed by atoms with Crippen molar-refractivity contribution < 1.29 is 18.7 Å². The molecule has 1 fully saturated rings. The van der Waals surface area contributed by atoms with Crippen LogP contribution in [-0.2, 0) is 16.6 Å². The fourth-order valence-corrected chi connectivity index (χ4v) is 9.58. The Morgan fingerprint density at radius 3 is 2.72 bits per heavy atom. The highest BCUT2D eigenvalue weighted by atomic mass is 35.5. The molecule has 6 atom stereocenters. The van der Waals surface area contributed by atoms with Crippen molar-refractivity contribution in [1.29, 1.82) is 0 Å². The van der Waals surface area contributed by atoms with E-state index in [1.54, 1.807) is 6.07 Å². The third-order valence-corrected chi connectivity index (χ3v) is 12.5. The standard InChI is InChI=1S/C40H56ClFN4O3S/c1-6-30-16-18-46-24-40(17-8-11-32-33(40)13-14-34(41)37(32)42)25-49-36-15-12-31(21-35(36)46)39(47)44-50-29(5)10-7-9-26(2)38(30)48-20-19-45-22-27(3)43-28(4)23-45/h9,12-15,21,27-30,38,43H,6-8,10-11,16-20,22-25H2,1-5H3,(H,44,47)/b26-9+. The van der Waals surface area contributed by atoms with Gasteiger partial charge in [-0.15, -0.1) is 0 Å². The number of fused-ring (bicyclic) bond motifs is 3. The first-order chi connectivity index (χ1) is 24.1. The van der Waals surface area contributed by atoms with Gasteiger partial charge in [0.2, 0.25) is 0 Å². The van der Waals surface area contributed by atoms with Crippen LogP contribution < -0.4 is 19.7 Å². The van der Waals surface area contributed by atoms with Crippen LogP contribution in [0.4, 0.5) is 10.1 Å². The second-order valence-electron chi connectivity index (χ2n) is 15.3. The molecule has 3 heterocycles. The summed E-state index contributed by atoms with van der Waals surface area (Å²) in [6.07, 6.45) is 8.60. The highest BCUT2D eigenvalue weighted by Gasteiger charge is 2.43. The lowest BCUT2D eigenvalue weighted by Gasteiger charge is -2.41. The van der Waals surface area contributed by atoms with E-state index in [-0.39, 0.29) is 28.1 Å². The van der Waals surface area contributed by atoms with Gasteiger partial charge in [0.25, 0.3) is 5.91 Å². The highest BCUT2D eigenvalue weighted by Crippen LogP contribution is 2.45. The number of amides is 1. The molecule has 2 aromatic rings. The van der Waals surface area contributed by atoms with Gasteiger partial charge in [-0.25, -0.2) is 4.39 Å². The van der Waals surface area contributed by atoms with Crippen molar-refractivity contribution in [2.24, 2.45) is 5.92 Å². The van der Waals surface area contributed by atoms with Crippen LogP contribution in [0.5, 0.6) is 5.75 Å². The molecule has 2 N–H and O–H groups in total. The van der Waals surface area contributed by atoms with Gasteiger partial charge in [-0.05, 0) is 118 Å². The molecule has 6 unspecified atom stereocenters. The van der Waals surface area contributed by atoms with Gasteiger partial charge in [0.05, 0.1) is 30.0 Å². The first kappa shape index (κ1) is 37.5. The Bertz CT molecular complexity index is 1530. The fourth-order valence-electron chi connectivity index (χ4n) is 8.72. The maximum Gasteiger partial charge on any atom is 0.261 e. The molecule has 50 heavy (non-hydrogen) atoms. The number of nitrogens with zero attached hydrogens (tertiary/aromatic N) is 2. The van der Waals surface area contributed by atoms with E-state index in [0.29, 0.717) is 55.3 Å². The van der Waals surface area contributed by atoms with Crippen LogP contribution in [0.1, 0.15) is 94.6 Å². The van der Waals surface area contributed by atoms with E-state index in [4.69, 9.17) is 21.1 Å². The monoisotopic (exact) mass is 726 g/mol. The molecule has 4 aliphatic rings. The Balaban J connectivity index is 1.31. The van der Waals surface area contributed by atoms with Gasteiger partial charge in [0.15, 0.2) is 0 Å². The molecule has 3 aliphatic heterocycles. The number of carbonyl (C=O) groups is 1. The van der Waals surface area contributed by atoms with Crippen molar-refractivity contribution >= 4 is 35.1 Å². The number of ether oxygens (including phenoxy) is 2. The Kier molecular flexibility index (Phi) is 12.4. The number of allylic oxidation sites excluding steroid dienone is 1. The Labute approximate surface area is 308 Å². The summed E-state index contributed by atoms with van der Waals surface area (Å²) in [5, 5.41) is 4.07. The molecule has 7 nitrogen and oxygen atoms in total. The molecule has 1 aliphatic carbocycles. The topological polar surface area (TPSA) is 66.1 Å². The molecule has 1 spiro atoms. The Hall–Kier alpha value is -2.30.